The molecule has 1 saturated heterocycles. The molecule has 4 N–H and O–H groups in total. The van der Waals surface area contributed by atoms with Crippen LogP contribution in [-0.4, -0.2) is 45.1 Å². The summed E-state index contributed by atoms with van der Waals surface area (Å²) in [6, 6.07) is 7.83. The zero-order valence-electron chi connectivity index (χ0n) is 13.6. The molecular weight excluding hydrogens is 294 g/mol. The van der Waals surface area contributed by atoms with Crippen LogP contribution < -0.4 is 20.7 Å². The molecule has 0 aliphatic carbocycles. The average Bonchev–Trinajstić information content (AvgIpc) is 2.55. The molecule has 1 unspecified atom stereocenters. The van der Waals surface area contributed by atoms with E-state index in [1.54, 1.807) is 7.11 Å². The second kappa shape index (κ2) is 8.53. The molecule has 6 heteroatoms. The van der Waals surface area contributed by atoms with Crippen LogP contribution in [0.4, 0.5) is 0 Å². The van der Waals surface area contributed by atoms with Gasteiger partial charge in [0.2, 0.25) is 5.91 Å². The van der Waals surface area contributed by atoms with E-state index in [1.165, 1.54) is 0 Å². The molecule has 2 atom stereocenters. The van der Waals surface area contributed by atoms with E-state index in [1.807, 2.05) is 24.3 Å². The minimum atomic E-state index is -0.248. The molecule has 6 nitrogen and oxygen atoms in total. The van der Waals surface area contributed by atoms with Crippen LogP contribution >= 0.6 is 0 Å². The summed E-state index contributed by atoms with van der Waals surface area (Å²) in [5.74, 6) is 0.516. The van der Waals surface area contributed by atoms with Gasteiger partial charge in [0.15, 0.2) is 6.54 Å². The lowest BCUT2D eigenvalue weighted by Crippen LogP contribution is -3.15. The number of quaternary nitrogens is 1. The number of methoxy groups -OCH3 is 1. The summed E-state index contributed by atoms with van der Waals surface area (Å²) in [6.45, 7) is 2.61. The molecule has 126 valence electrons. The Kier molecular flexibility index (Phi) is 6.40. The van der Waals surface area contributed by atoms with Crippen molar-refractivity contribution in [2.45, 2.75) is 19.3 Å². The highest BCUT2D eigenvalue weighted by Gasteiger charge is 2.28. The molecule has 0 radical (unpaired) electrons. The zero-order valence-corrected chi connectivity index (χ0v) is 13.6. The fourth-order valence-electron chi connectivity index (χ4n) is 2.98. The summed E-state index contributed by atoms with van der Waals surface area (Å²) in [6.07, 6.45) is 2.58. The van der Waals surface area contributed by atoms with Gasteiger partial charge in [0.25, 0.3) is 5.91 Å². The number of primary amides is 1. The molecule has 0 saturated carbocycles. The maximum atomic E-state index is 12.0. The Bertz CT molecular complexity index is 530. The molecule has 1 aromatic rings. The molecule has 1 fully saturated rings. The van der Waals surface area contributed by atoms with E-state index in [2.05, 4.69) is 5.32 Å². The molecule has 1 aliphatic rings. The van der Waals surface area contributed by atoms with Gasteiger partial charge in [0, 0.05) is 6.54 Å². The maximum Gasteiger partial charge on any atom is 0.275 e. The number of carbonyl (C=O) groups is 2. The summed E-state index contributed by atoms with van der Waals surface area (Å²) in [5.41, 5.74) is 6.52. The van der Waals surface area contributed by atoms with E-state index in [0.29, 0.717) is 19.6 Å². The number of ether oxygens (including phenoxy) is 1. The monoisotopic (exact) mass is 320 g/mol. The quantitative estimate of drug-likeness (QED) is 0.611. The predicted octanol–water partition coefficient (Wildman–Crippen LogP) is -0.866. The van der Waals surface area contributed by atoms with Crippen LogP contribution in [-0.2, 0) is 16.0 Å². The van der Waals surface area contributed by atoms with Crippen molar-refractivity contribution in [3.05, 3.63) is 29.8 Å². The van der Waals surface area contributed by atoms with E-state index in [0.717, 1.165) is 42.0 Å². The van der Waals surface area contributed by atoms with Crippen molar-refractivity contribution in [2.75, 3.05) is 33.3 Å². The van der Waals surface area contributed by atoms with E-state index in [9.17, 15) is 9.59 Å². The lowest BCUT2D eigenvalue weighted by Gasteiger charge is -2.27. The summed E-state index contributed by atoms with van der Waals surface area (Å²) < 4.78 is 5.12. The van der Waals surface area contributed by atoms with Crippen molar-refractivity contribution in [1.82, 2.24) is 5.32 Å². The Hall–Kier alpha value is -2.08. The topological polar surface area (TPSA) is 85.9 Å². The highest BCUT2D eigenvalue weighted by atomic mass is 16.5. The third-order valence-electron chi connectivity index (χ3n) is 4.33. The maximum absolute atomic E-state index is 12.0. The summed E-state index contributed by atoms with van der Waals surface area (Å²) >= 11 is 0. The average molecular weight is 320 g/mol. The van der Waals surface area contributed by atoms with Gasteiger partial charge in [-0.1, -0.05) is 12.1 Å². The minimum absolute atomic E-state index is 0.0265. The van der Waals surface area contributed by atoms with E-state index >= 15 is 0 Å². The third-order valence-corrected chi connectivity index (χ3v) is 4.33. The number of likely N-dealkylation sites (tertiary alicyclic amines) is 1. The van der Waals surface area contributed by atoms with Gasteiger partial charge < -0.3 is 20.7 Å². The van der Waals surface area contributed by atoms with E-state index < -0.39 is 0 Å². The lowest BCUT2D eigenvalue weighted by atomic mass is 9.97. The van der Waals surface area contributed by atoms with E-state index in [4.69, 9.17) is 10.5 Å². The number of rotatable bonds is 7. The number of carbonyl (C=O) groups excluding carboxylic acids is 2. The first kappa shape index (κ1) is 17.3. The first-order valence-electron chi connectivity index (χ1n) is 8.11. The smallest absolute Gasteiger partial charge is 0.275 e. The molecule has 1 heterocycles. The molecule has 2 rings (SSSR count). The number of nitrogens with two attached hydrogens (primary N) is 1. The van der Waals surface area contributed by atoms with Crippen molar-refractivity contribution in [3.8, 4) is 5.75 Å². The van der Waals surface area contributed by atoms with Gasteiger partial charge >= 0.3 is 0 Å². The predicted molar refractivity (Wildman–Crippen MR) is 87.2 cm³/mol. The molecular formula is C17H26N3O3+. The van der Waals surface area contributed by atoms with Crippen LogP contribution in [0.25, 0.3) is 0 Å². The van der Waals surface area contributed by atoms with Gasteiger partial charge in [-0.05, 0) is 37.0 Å². The number of benzene rings is 1. The molecule has 1 aliphatic heterocycles. The Balaban J connectivity index is 1.69. The number of nitrogens with one attached hydrogen (secondary N) is 2. The van der Waals surface area contributed by atoms with Crippen molar-refractivity contribution in [2.24, 2.45) is 11.7 Å². The van der Waals surface area contributed by atoms with Crippen LogP contribution in [0.2, 0.25) is 0 Å². The van der Waals surface area contributed by atoms with Crippen molar-refractivity contribution >= 4 is 11.8 Å². The van der Waals surface area contributed by atoms with Crippen LogP contribution in [0.1, 0.15) is 18.4 Å². The first-order chi connectivity index (χ1) is 11.1. The molecule has 2 amide bonds. The Labute approximate surface area is 137 Å². The van der Waals surface area contributed by atoms with Gasteiger partial charge in [-0.3, -0.25) is 9.59 Å². The molecule has 0 bridgehead atoms. The van der Waals surface area contributed by atoms with E-state index in [-0.39, 0.29) is 17.7 Å². The van der Waals surface area contributed by atoms with Crippen LogP contribution in [0, 0.1) is 5.92 Å². The van der Waals surface area contributed by atoms with Crippen LogP contribution in [0.3, 0.4) is 0 Å². The van der Waals surface area contributed by atoms with Crippen molar-refractivity contribution in [1.29, 1.82) is 0 Å². The van der Waals surface area contributed by atoms with Gasteiger partial charge in [0.05, 0.1) is 26.1 Å². The van der Waals surface area contributed by atoms with Gasteiger partial charge in [-0.2, -0.15) is 0 Å². The third kappa shape index (κ3) is 5.56. The Morgan fingerprint density at radius 2 is 2.09 bits per heavy atom. The first-order valence-corrected chi connectivity index (χ1v) is 8.11. The van der Waals surface area contributed by atoms with Crippen LogP contribution in [0.15, 0.2) is 24.3 Å². The standard InChI is InChI=1S/C17H25N3O3/c1-23-15-6-4-13(5-7-15)8-9-19-16(21)12-20-10-2-3-14(11-20)17(18)22/h4-7,14H,2-3,8-12H2,1H3,(H2,18,22)(H,19,21)/p+1/t14-/m1/s1. The molecule has 23 heavy (non-hydrogen) atoms. The summed E-state index contributed by atoms with van der Waals surface area (Å²) in [5, 5.41) is 2.94. The number of hydrogen-bond acceptors (Lipinski definition) is 3. The summed E-state index contributed by atoms with van der Waals surface area (Å²) in [4.78, 5) is 24.4. The normalized spacial score (nSPS) is 20.7. The second-order valence-corrected chi connectivity index (χ2v) is 6.07. The minimum Gasteiger partial charge on any atom is -0.497 e. The largest absolute Gasteiger partial charge is 0.497 e. The molecule has 0 aromatic heterocycles. The van der Waals surface area contributed by atoms with Crippen LogP contribution in [0.5, 0.6) is 5.75 Å². The number of hydrogen-bond donors (Lipinski definition) is 3. The SMILES string of the molecule is COc1ccc(CCNC(=O)C[NH+]2CCC[C@@H](C(N)=O)C2)cc1. The fourth-order valence-corrected chi connectivity index (χ4v) is 2.98. The lowest BCUT2D eigenvalue weighted by molar-refractivity contribution is -0.899. The highest BCUT2D eigenvalue weighted by molar-refractivity contribution is 5.77. The van der Waals surface area contributed by atoms with Gasteiger partial charge in [0.1, 0.15) is 5.75 Å². The number of piperidine rings is 1. The zero-order chi connectivity index (χ0) is 16.7. The molecule has 1 aromatic carbocycles. The number of amides is 2. The summed E-state index contributed by atoms with van der Waals surface area (Å²) in [7, 11) is 1.64. The molecule has 0 spiro atoms. The fraction of sp³-hybridized carbons (Fsp3) is 0.529. The second-order valence-electron chi connectivity index (χ2n) is 6.07. The van der Waals surface area contributed by atoms with Gasteiger partial charge in [-0.15, -0.1) is 0 Å². The Morgan fingerprint density at radius 3 is 2.74 bits per heavy atom. The van der Waals surface area contributed by atoms with Gasteiger partial charge in [-0.25, -0.2) is 0 Å². The van der Waals surface area contributed by atoms with Crippen molar-refractivity contribution in [3.63, 3.8) is 0 Å². The van der Waals surface area contributed by atoms with Crippen molar-refractivity contribution < 1.29 is 19.2 Å². The highest BCUT2D eigenvalue weighted by Crippen LogP contribution is 2.11. The Morgan fingerprint density at radius 1 is 1.35 bits per heavy atom.